The summed E-state index contributed by atoms with van der Waals surface area (Å²) in [6.45, 7) is 7.69. The third-order valence-corrected chi connectivity index (χ3v) is 7.28. The van der Waals surface area contributed by atoms with Crippen LogP contribution in [0.2, 0.25) is 0 Å². The highest BCUT2D eigenvalue weighted by atomic mass is 32.2. The lowest BCUT2D eigenvalue weighted by Crippen LogP contribution is -2.49. The van der Waals surface area contributed by atoms with Gasteiger partial charge in [-0.25, -0.2) is 13.4 Å². The van der Waals surface area contributed by atoms with Crippen LogP contribution in [0, 0.1) is 20.8 Å². The smallest absolute Gasteiger partial charge is 0.243 e. The third-order valence-electron chi connectivity index (χ3n) is 5.22. The average Bonchev–Trinajstić information content (AvgIpc) is 3.14. The highest BCUT2D eigenvalue weighted by Gasteiger charge is 2.30. The fourth-order valence-corrected chi connectivity index (χ4v) is 5.25. The molecule has 0 spiro atoms. The molecule has 2 aromatic heterocycles. The predicted molar refractivity (Wildman–Crippen MR) is 111 cm³/mol. The van der Waals surface area contributed by atoms with E-state index in [0.717, 1.165) is 22.8 Å². The fourth-order valence-electron chi connectivity index (χ4n) is 3.62. The van der Waals surface area contributed by atoms with E-state index in [1.165, 1.54) is 0 Å². The van der Waals surface area contributed by atoms with Gasteiger partial charge in [-0.3, -0.25) is 4.57 Å². The normalized spacial score (nSPS) is 15.6. The maximum Gasteiger partial charge on any atom is 0.243 e. The van der Waals surface area contributed by atoms with Gasteiger partial charge < -0.3 is 4.90 Å². The first kappa shape index (κ1) is 19.5. The Morgan fingerprint density at radius 2 is 1.59 bits per heavy atom. The van der Waals surface area contributed by atoms with Crippen LogP contribution in [0.15, 0.2) is 47.6 Å². The summed E-state index contributed by atoms with van der Waals surface area (Å²) in [7, 11) is -3.50. The van der Waals surface area contributed by atoms with Gasteiger partial charge in [-0.15, -0.1) is 10.2 Å². The maximum absolute atomic E-state index is 13.0. The van der Waals surface area contributed by atoms with Crippen molar-refractivity contribution in [3.05, 3.63) is 59.7 Å². The molecular weight excluding hydrogens is 388 g/mol. The molecule has 8 nitrogen and oxygen atoms in total. The summed E-state index contributed by atoms with van der Waals surface area (Å²) in [6.07, 6.45) is 3.57. The van der Waals surface area contributed by atoms with Gasteiger partial charge in [-0.2, -0.15) is 4.31 Å². The molecule has 3 aromatic rings. The van der Waals surface area contributed by atoms with Crippen molar-refractivity contribution >= 4 is 15.8 Å². The first-order chi connectivity index (χ1) is 13.9. The minimum atomic E-state index is -3.50. The molecule has 0 saturated carbocycles. The van der Waals surface area contributed by atoms with Crippen molar-refractivity contribution in [1.82, 2.24) is 24.1 Å². The monoisotopic (exact) mass is 412 g/mol. The summed E-state index contributed by atoms with van der Waals surface area (Å²) in [5.41, 5.74) is 1.84. The average molecular weight is 413 g/mol. The van der Waals surface area contributed by atoms with Crippen LogP contribution in [-0.2, 0) is 10.0 Å². The van der Waals surface area contributed by atoms with E-state index in [9.17, 15) is 8.42 Å². The van der Waals surface area contributed by atoms with Gasteiger partial charge in [0.05, 0.1) is 4.90 Å². The Labute approximate surface area is 170 Å². The van der Waals surface area contributed by atoms with Crippen molar-refractivity contribution in [2.45, 2.75) is 25.7 Å². The molecule has 1 aliphatic rings. The molecule has 3 heterocycles. The molecule has 0 bridgehead atoms. The number of aromatic nitrogens is 4. The number of hydrogen-bond acceptors (Lipinski definition) is 6. The minimum absolute atomic E-state index is 0.386. The van der Waals surface area contributed by atoms with Gasteiger partial charge in [-0.05, 0) is 44.5 Å². The van der Waals surface area contributed by atoms with E-state index in [2.05, 4.69) is 20.1 Å². The quantitative estimate of drug-likeness (QED) is 0.653. The molecule has 0 unspecified atom stereocenters. The highest BCUT2D eigenvalue weighted by Crippen LogP contribution is 2.23. The molecular formula is C20H24N6O2S. The van der Waals surface area contributed by atoms with E-state index in [-0.39, 0.29) is 0 Å². The topological polar surface area (TPSA) is 84.2 Å². The zero-order chi connectivity index (χ0) is 20.6. The Morgan fingerprint density at radius 1 is 0.897 bits per heavy atom. The largest absolute Gasteiger partial charge is 0.352 e. The number of piperazine rings is 1. The molecule has 4 rings (SSSR count). The molecule has 1 aliphatic heterocycles. The second kappa shape index (κ2) is 7.57. The number of aryl methyl sites for hydroxylation is 3. The lowest BCUT2D eigenvalue weighted by atomic mass is 10.2. The van der Waals surface area contributed by atoms with E-state index in [4.69, 9.17) is 0 Å². The summed E-state index contributed by atoms with van der Waals surface area (Å²) in [6, 6.07) is 9.26. The Bertz CT molecular complexity index is 1120. The van der Waals surface area contributed by atoms with Crippen LogP contribution in [0.4, 0.5) is 5.82 Å². The first-order valence-corrected chi connectivity index (χ1v) is 11.0. The molecule has 1 aromatic carbocycles. The molecule has 0 amide bonds. The minimum Gasteiger partial charge on any atom is -0.352 e. The summed E-state index contributed by atoms with van der Waals surface area (Å²) in [4.78, 5) is 6.64. The number of rotatable bonds is 4. The molecule has 0 atom stereocenters. The van der Waals surface area contributed by atoms with Gasteiger partial charge >= 0.3 is 0 Å². The molecule has 1 saturated heterocycles. The van der Waals surface area contributed by atoms with Gasteiger partial charge in [0.2, 0.25) is 10.0 Å². The van der Waals surface area contributed by atoms with Gasteiger partial charge in [0.1, 0.15) is 5.82 Å². The summed E-state index contributed by atoms with van der Waals surface area (Å²) >= 11 is 0. The van der Waals surface area contributed by atoms with Crippen molar-refractivity contribution in [3.63, 3.8) is 0 Å². The standard InChI is InChI=1S/C20H24N6O2S/c1-15-4-5-18(16(2)14-15)29(27,28)25-12-10-24(11-13-25)19-6-7-20(23-22-19)26-9-8-21-17(26)3/h4-9,14H,10-13H2,1-3H3. The van der Waals surface area contributed by atoms with Crippen molar-refractivity contribution < 1.29 is 8.42 Å². The number of imidazole rings is 1. The van der Waals surface area contributed by atoms with Gasteiger partial charge in [-0.1, -0.05) is 17.7 Å². The number of sulfonamides is 1. The summed E-state index contributed by atoms with van der Waals surface area (Å²) in [5, 5.41) is 8.62. The lowest BCUT2D eigenvalue weighted by Gasteiger charge is -2.34. The van der Waals surface area contributed by atoms with E-state index in [1.807, 2.05) is 55.8 Å². The molecule has 152 valence electrons. The van der Waals surface area contributed by atoms with Gasteiger partial charge in [0.25, 0.3) is 0 Å². The number of nitrogens with zero attached hydrogens (tertiary/aromatic N) is 6. The zero-order valence-electron chi connectivity index (χ0n) is 16.8. The van der Waals surface area contributed by atoms with E-state index in [0.29, 0.717) is 36.9 Å². The van der Waals surface area contributed by atoms with E-state index < -0.39 is 10.0 Å². The van der Waals surface area contributed by atoms with Gasteiger partial charge in [0.15, 0.2) is 11.6 Å². The van der Waals surface area contributed by atoms with Crippen molar-refractivity contribution in [2.75, 3.05) is 31.1 Å². The number of hydrogen-bond donors (Lipinski definition) is 0. The van der Waals surface area contributed by atoms with Crippen LogP contribution >= 0.6 is 0 Å². The lowest BCUT2D eigenvalue weighted by molar-refractivity contribution is 0.383. The molecule has 9 heteroatoms. The Morgan fingerprint density at radius 3 is 2.17 bits per heavy atom. The van der Waals surface area contributed by atoms with Crippen LogP contribution in [0.5, 0.6) is 0 Å². The van der Waals surface area contributed by atoms with E-state index >= 15 is 0 Å². The van der Waals surface area contributed by atoms with E-state index in [1.54, 1.807) is 16.6 Å². The fraction of sp³-hybridized carbons (Fsp3) is 0.350. The summed E-state index contributed by atoms with van der Waals surface area (Å²) < 4.78 is 29.5. The van der Waals surface area contributed by atoms with Crippen LogP contribution < -0.4 is 4.90 Å². The van der Waals surface area contributed by atoms with Crippen molar-refractivity contribution in [3.8, 4) is 5.82 Å². The number of benzene rings is 1. The van der Waals surface area contributed by atoms with Gasteiger partial charge in [0, 0.05) is 38.6 Å². The molecule has 0 radical (unpaired) electrons. The second-order valence-electron chi connectivity index (χ2n) is 7.25. The van der Waals surface area contributed by atoms with Crippen molar-refractivity contribution in [2.24, 2.45) is 0 Å². The molecule has 29 heavy (non-hydrogen) atoms. The molecule has 0 N–H and O–H groups in total. The second-order valence-corrected chi connectivity index (χ2v) is 9.16. The van der Waals surface area contributed by atoms with Crippen LogP contribution in [0.25, 0.3) is 5.82 Å². The van der Waals surface area contributed by atoms with Crippen LogP contribution in [-0.4, -0.2) is 58.7 Å². The molecule has 0 aliphatic carbocycles. The Balaban J connectivity index is 1.46. The summed E-state index contributed by atoms with van der Waals surface area (Å²) in [5.74, 6) is 2.30. The highest BCUT2D eigenvalue weighted by molar-refractivity contribution is 7.89. The maximum atomic E-state index is 13.0. The van der Waals surface area contributed by atoms with Crippen LogP contribution in [0.3, 0.4) is 0 Å². The first-order valence-electron chi connectivity index (χ1n) is 9.53. The Kier molecular flexibility index (Phi) is 5.10. The number of anilines is 1. The third kappa shape index (κ3) is 3.75. The zero-order valence-corrected chi connectivity index (χ0v) is 17.6. The SMILES string of the molecule is Cc1ccc(S(=O)(=O)N2CCN(c3ccc(-n4ccnc4C)nn3)CC2)c(C)c1. The van der Waals surface area contributed by atoms with Crippen LogP contribution in [0.1, 0.15) is 17.0 Å². The Hall–Kier alpha value is -2.78. The molecule has 1 fully saturated rings. The predicted octanol–water partition coefficient (Wildman–Crippen LogP) is 2.10. The van der Waals surface area contributed by atoms with Crippen molar-refractivity contribution in [1.29, 1.82) is 0 Å².